The number of piperazine rings is 1. The lowest BCUT2D eigenvalue weighted by Crippen LogP contribution is -2.47. The third-order valence-electron chi connectivity index (χ3n) is 3.55. The van der Waals surface area contributed by atoms with Gasteiger partial charge in [0, 0.05) is 44.0 Å². The van der Waals surface area contributed by atoms with Crippen molar-refractivity contribution < 1.29 is 4.39 Å². The smallest absolute Gasteiger partial charge is 0.129 e. The van der Waals surface area contributed by atoms with Gasteiger partial charge in [0.05, 0.1) is 0 Å². The Morgan fingerprint density at radius 3 is 2.56 bits per heavy atom. The number of nitrogens with two attached hydrogens (primary N) is 1. The van der Waals surface area contributed by atoms with Gasteiger partial charge in [0.25, 0.3) is 0 Å². The van der Waals surface area contributed by atoms with E-state index < -0.39 is 0 Å². The molecule has 0 radical (unpaired) electrons. The number of halogens is 1. The number of rotatable bonds is 4. The molecule has 4 heteroatoms. The second-order valence-corrected chi connectivity index (χ2v) is 4.77. The van der Waals surface area contributed by atoms with Crippen molar-refractivity contribution in [3.8, 4) is 0 Å². The van der Waals surface area contributed by atoms with Crippen LogP contribution in [-0.4, -0.2) is 37.6 Å². The molecule has 2 rings (SSSR count). The summed E-state index contributed by atoms with van der Waals surface area (Å²) < 4.78 is 13.7. The minimum absolute atomic E-state index is 0.189. The summed E-state index contributed by atoms with van der Waals surface area (Å²) in [4.78, 5) is 4.70. The highest BCUT2D eigenvalue weighted by atomic mass is 19.1. The maximum atomic E-state index is 13.7. The predicted octanol–water partition coefficient (Wildman–Crippen LogP) is 1.82. The Bertz CT molecular complexity index is 387. The maximum Gasteiger partial charge on any atom is 0.129 e. The van der Waals surface area contributed by atoms with E-state index in [1.165, 1.54) is 12.5 Å². The van der Waals surface area contributed by atoms with Crippen LogP contribution in [0, 0.1) is 5.82 Å². The van der Waals surface area contributed by atoms with Crippen LogP contribution in [0.3, 0.4) is 0 Å². The monoisotopic (exact) mass is 251 g/mol. The molecule has 0 aromatic heterocycles. The van der Waals surface area contributed by atoms with E-state index >= 15 is 0 Å². The Kier molecular flexibility index (Phi) is 4.55. The van der Waals surface area contributed by atoms with Crippen molar-refractivity contribution in [1.29, 1.82) is 0 Å². The highest BCUT2D eigenvalue weighted by Crippen LogP contribution is 2.24. The van der Waals surface area contributed by atoms with Crippen molar-refractivity contribution in [3.63, 3.8) is 0 Å². The zero-order valence-electron chi connectivity index (χ0n) is 11.0. The second-order valence-electron chi connectivity index (χ2n) is 4.77. The molecule has 0 unspecified atom stereocenters. The SMILES string of the molecule is CCCN1CCN(c2cccc(F)c2CN)CC1. The minimum atomic E-state index is -0.189. The number of hydrogen-bond acceptors (Lipinski definition) is 3. The number of anilines is 1. The van der Waals surface area contributed by atoms with Crippen molar-refractivity contribution >= 4 is 5.69 Å². The summed E-state index contributed by atoms with van der Waals surface area (Å²) >= 11 is 0. The van der Waals surface area contributed by atoms with Crippen LogP contribution in [0.1, 0.15) is 18.9 Å². The van der Waals surface area contributed by atoms with E-state index in [0.29, 0.717) is 5.56 Å². The third kappa shape index (κ3) is 2.82. The molecule has 100 valence electrons. The van der Waals surface area contributed by atoms with E-state index in [2.05, 4.69) is 16.7 Å². The molecule has 0 saturated carbocycles. The Morgan fingerprint density at radius 1 is 1.22 bits per heavy atom. The van der Waals surface area contributed by atoms with Gasteiger partial charge in [-0.1, -0.05) is 13.0 Å². The molecule has 1 aromatic carbocycles. The van der Waals surface area contributed by atoms with Crippen molar-refractivity contribution in [2.75, 3.05) is 37.6 Å². The first-order valence-corrected chi connectivity index (χ1v) is 6.71. The normalized spacial score (nSPS) is 17.2. The molecular weight excluding hydrogens is 229 g/mol. The van der Waals surface area contributed by atoms with Gasteiger partial charge >= 0.3 is 0 Å². The molecule has 1 aliphatic rings. The molecule has 18 heavy (non-hydrogen) atoms. The van der Waals surface area contributed by atoms with E-state index in [9.17, 15) is 4.39 Å². The summed E-state index contributed by atoms with van der Waals surface area (Å²) in [6.45, 7) is 7.62. The highest BCUT2D eigenvalue weighted by Gasteiger charge is 2.19. The fraction of sp³-hybridized carbons (Fsp3) is 0.571. The fourth-order valence-corrected chi connectivity index (χ4v) is 2.57. The highest BCUT2D eigenvalue weighted by molar-refractivity contribution is 5.54. The van der Waals surface area contributed by atoms with Gasteiger partial charge in [-0.2, -0.15) is 0 Å². The first kappa shape index (κ1) is 13.3. The lowest BCUT2D eigenvalue weighted by atomic mass is 10.1. The molecule has 1 aromatic rings. The van der Waals surface area contributed by atoms with Crippen LogP contribution in [0.15, 0.2) is 18.2 Å². The summed E-state index contributed by atoms with van der Waals surface area (Å²) in [6.07, 6.45) is 1.19. The topological polar surface area (TPSA) is 32.5 Å². The van der Waals surface area contributed by atoms with E-state index in [4.69, 9.17) is 5.73 Å². The second kappa shape index (κ2) is 6.16. The third-order valence-corrected chi connectivity index (χ3v) is 3.55. The van der Waals surface area contributed by atoms with Crippen LogP contribution in [-0.2, 0) is 6.54 Å². The molecule has 3 nitrogen and oxygen atoms in total. The Hall–Kier alpha value is -1.13. The van der Waals surface area contributed by atoms with Crippen LogP contribution in [0.25, 0.3) is 0 Å². The zero-order valence-corrected chi connectivity index (χ0v) is 11.0. The summed E-state index contributed by atoms with van der Waals surface area (Å²) in [5.41, 5.74) is 7.26. The molecule has 2 N–H and O–H groups in total. The Morgan fingerprint density at radius 2 is 1.94 bits per heavy atom. The quantitative estimate of drug-likeness (QED) is 0.886. The fourth-order valence-electron chi connectivity index (χ4n) is 2.57. The largest absolute Gasteiger partial charge is 0.369 e. The van der Waals surface area contributed by atoms with Gasteiger partial charge < -0.3 is 10.6 Å². The Balaban J connectivity index is 2.07. The van der Waals surface area contributed by atoms with Crippen molar-refractivity contribution in [2.24, 2.45) is 5.73 Å². The average Bonchev–Trinajstić information content (AvgIpc) is 2.40. The lowest BCUT2D eigenvalue weighted by Gasteiger charge is -2.36. The van der Waals surface area contributed by atoms with E-state index in [1.807, 2.05) is 6.07 Å². The van der Waals surface area contributed by atoms with Crippen LogP contribution in [0.2, 0.25) is 0 Å². The lowest BCUT2D eigenvalue weighted by molar-refractivity contribution is 0.258. The number of hydrogen-bond donors (Lipinski definition) is 1. The van der Waals surface area contributed by atoms with Gasteiger partial charge in [0.1, 0.15) is 5.82 Å². The van der Waals surface area contributed by atoms with Crippen LogP contribution in [0.5, 0.6) is 0 Å². The Labute approximate surface area is 108 Å². The molecule has 0 aliphatic carbocycles. The van der Waals surface area contributed by atoms with E-state index in [0.717, 1.165) is 38.4 Å². The molecule has 1 fully saturated rings. The molecular formula is C14H22FN3. The summed E-state index contributed by atoms with van der Waals surface area (Å²) in [6, 6.07) is 5.22. The molecule has 0 bridgehead atoms. The molecule has 0 atom stereocenters. The van der Waals surface area contributed by atoms with E-state index in [-0.39, 0.29) is 12.4 Å². The van der Waals surface area contributed by atoms with E-state index in [1.54, 1.807) is 6.07 Å². The molecule has 0 amide bonds. The van der Waals surface area contributed by atoms with Gasteiger partial charge in [-0.15, -0.1) is 0 Å². The molecule has 0 spiro atoms. The first-order valence-electron chi connectivity index (χ1n) is 6.71. The summed E-state index contributed by atoms with van der Waals surface area (Å²) in [5.74, 6) is -0.189. The summed E-state index contributed by atoms with van der Waals surface area (Å²) in [5, 5.41) is 0. The molecule has 1 aliphatic heterocycles. The van der Waals surface area contributed by atoms with Gasteiger partial charge in [-0.25, -0.2) is 4.39 Å². The number of nitrogens with zero attached hydrogens (tertiary/aromatic N) is 2. The molecule has 1 saturated heterocycles. The predicted molar refractivity (Wildman–Crippen MR) is 73.2 cm³/mol. The molecule has 1 heterocycles. The van der Waals surface area contributed by atoms with Gasteiger partial charge in [0.2, 0.25) is 0 Å². The zero-order chi connectivity index (χ0) is 13.0. The van der Waals surface area contributed by atoms with Gasteiger partial charge in [-0.3, -0.25) is 4.90 Å². The first-order chi connectivity index (χ1) is 8.76. The van der Waals surface area contributed by atoms with Gasteiger partial charge in [-0.05, 0) is 25.1 Å². The standard InChI is InChI=1S/C14H22FN3/c1-2-6-17-7-9-18(10-8-17)14-5-3-4-13(15)12(14)11-16/h3-5H,2,6-11,16H2,1H3. The summed E-state index contributed by atoms with van der Waals surface area (Å²) in [7, 11) is 0. The minimum Gasteiger partial charge on any atom is -0.369 e. The van der Waals surface area contributed by atoms with Crippen molar-refractivity contribution in [1.82, 2.24) is 4.90 Å². The number of benzene rings is 1. The van der Waals surface area contributed by atoms with Crippen LogP contribution < -0.4 is 10.6 Å². The maximum absolute atomic E-state index is 13.7. The van der Waals surface area contributed by atoms with Crippen LogP contribution >= 0.6 is 0 Å². The van der Waals surface area contributed by atoms with Gasteiger partial charge in [0.15, 0.2) is 0 Å². The van der Waals surface area contributed by atoms with Crippen LogP contribution in [0.4, 0.5) is 10.1 Å². The average molecular weight is 251 g/mol. The van der Waals surface area contributed by atoms with Crippen molar-refractivity contribution in [2.45, 2.75) is 19.9 Å². The van der Waals surface area contributed by atoms with Crippen molar-refractivity contribution in [3.05, 3.63) is 29.6 Å².